The number of ether oxygens (including phenoxy) is 1. The predicted octanol–water partition coefficient (Wildman–Crippen LogP) is 3.35. The molecule has 1 unspecified atom stereocenters. The fourth-order valence-electron chi connectivity index (χ4n) is 1.76. The standard InChI is InChI=1S/C16H16BrNO3/c1-11(21-15-7-5-13(17)6-8-15)16(20)18-14-4-2-3-12(9-14)10-19/h2-9,11,19H,10H2,1H3,(H,18,20). The van der Waals surface area contributed by atoms with Gasteiger partial charge in [0, 0.05) is 10.2 Å². The van der Waals surface area contributed by atoms with Crippen LogP contribution in [0.3, 0.4) is 0 Å². The highest BCUT2D eigenvalue weighted by Crippen LogP contribution is 2.18. The van der Waals surface area contributed by atoms with Crippen LogP contribution in [0.4, 0.5) is 5.69 Å². The Morgan fingerprint density at radius 1 is 1.29 bits per heavy atom. The van der Waals surface area contributed by atoms with Crippen molar-refractivity contribution in [2.75, 3.05) is 5.32 Å². The van der Waals surface area contributed by atoms with Gasteiger partial charge < -0.3 is 15.2 Å². The maximum absolute atomic E-state index is 12.1. The highest BCUT2D eigenvalue weighted by molar-refractivity contribution is 9.10. The van der Waals surface area contributed by atoms with Crippen molar-refractivity contribution >= 4 is 27.5 Å². The van der Waals surface area contributed by atoms with Crippen LogP contribution >= 0.6 is 15.9 Å². The van der Waals surface area contributed by atoms with Crippen LogP contribution < -0.4 is 10.1 Å². The zero-order valence-electron chi connectivity index (χ0n) is 11.5. The molecule has 0 saturated carbocycles. The van der Waals surface area contributed by atoms with Crippen LogP contribution in [0.25, 0.3) is 0 Å². The van der Waals surface area contributed by atoms with E-state index in [0.29, 0.717) is 11.4 Å². The number of halogens is 1. The summed E-state index contributed by atoms with van der Waals surface area (Å²) in [6.07, 6.45) is -0.621. The first kappa shape index (κ1) is 15.5. The number of hydrogen-bond donors (Lipinski definition) is 2. The summed E-state index contributed by atoms with van der Waals surface area (Å²) in [4.78, 5) is 12.1. The van der Waals surface area contributed by atoms with Crippen LogP contribution in [0, 0.1) is 0 Å². The molecule has 4 nitrogen and oxygen atoms in total. The number of aliphatic hydroxyl groups excluding tert-OH is 1. The largest absolute Gasteiger partial charge is 0.481 e. The molecule has 1 amide bonds. The minimum atomic E-state index is -0.621. The third-order valence-electron chi connectivity index (χ3n) is 2.87. The quantitative estimate of drug-likeness (QED) is 0.870. The lowest BCUT2D eigenvalue weighted by Gasteiger charge is -2.15. The monoisotopic (exact) mass is 349 g/mol. The lowest BCUT2D eigenvalue weighted by molar-refractivity contribution is -0.122. The molecular formula is C16H16BrNO3. The fraction of sp³-hybridized carbons (Fsp3) is 0.188. The topological polar surface area (TPSA) is 58.6 Å². The molecule has 0 aliphatic carbocycles. The van der Waals surface area contributed by atoms with Crippen molar-refractivity contribution in [3.8, 4) is 5.75 Å². The Hall–Kier alpha value is -1.85. The van der Waals surface area contributed by atoms with Gasteiger partial charge in [-0.05, 0) is 48.9 Å². The summed E-state index contributed by atoms with van der Waals surface area (Å²) in [5.74, 6) is 0.387. The lowest BCUT2D eigenvalue weighted by Crippen LogP contribution is -2.30. The summed E-state index contributed by atoms with van der Waals surface area (Å²) in [6, 6.07) is 14.3. The average molecular weight is 350 g/mol. The van der Waals surface area contributed by atoms with Gasteiger partial charge in [-0.3, -0.25) is 4.79 Å². The first-order valence-corrected chi connectivity index (χ1v) is 7.30. The van der Waals surface area contributed by atoms with Gasteiger partial charge in [-0.25, -0.2) is 0 Å². The summed E-state index contributed by atoms with van der Waals surface area (Å²) < 4.78 is 6.53. The van der Waals surface area contributed by atoms with E-state index in [4.69, 9.17) is 9.84 Å². The number of carbonyl (C=O) groups is 1. The van der Waals surface area contributed by atoms with Gasteiger partial charge >= 0.3 is 0 Å². The van der Waals surface area contributed by atoms with Gasteiger partial charge in [0.15, 0.2) is 6.10 Å². The van der Waals surface area contributed by atoms with Gasteiger partial charge in [0.1, 0.15) is 5.75 Å². The molecule has 2 rings (SSSR count). The number of amides is 1. The molecule has 0 aliphatic rings. The smallest absolute Gasteiger partial charge is 0.265 e. The van der Waals surface area contributed by atoms with Gasteiger partial charge in [-0.1, -0.05) is 28.1 Å². The van der Waals surface area contributed by atoms with Gasteiger partial charge in [0.2, 0.25) is 0 Å². The van der Waals surface area contributed by atoms with Crippen LogP contribution in [0.5, 0.6) is 5.75 Å². The molecule has 0 fully saturated rings. The van der Waals surface area contributed by atoms with E-state index >= 15 is 0 Å². The van der Waals surface area contributed by atoms with Gasteiger partial charge in [0.25, 0.3) is 5.91 Å². The second-order valence-electron chi connectivity index (χ2n) is 4.56. The number of hydrogen-bond acceptors (Lipinski definition) is 3. The molecule has 21 heavy (non-hydrogen) atoms. The van der Waals surface area contributed by atoms with E-state index in [1.54, 1.807) is 43.3 Å². The van der Waals surface area contributed by atoms with Crippen LogP contribution in [0.2, 0.25) is 0 Å². The molecule has 2 N–H and O–H groups in total. The first-order chi connectivity index (χ1) is 10.1. The zero-order valence-corrected chi connectivity index (χ0v) is 13.1. The lowest BCUT2D eigenvalue weighted by atomic mass is 10.2. The van der Waals surface area contributed by atoms with Crippen molar-refractivity contribution in [2.45, 2.75) is 19.6 Å². The highest BCUT2D eigenvalue weighted by Gasteiger charge is 2.14. The average Bonchev–Trinajstić information content (AvgIpc) is 2.49. The maximum atomic E-state index is 12.1. The Balaban J connectivity index is 1.97. The third kappa shape index (κ3) is 4.58. The fourth-order valence-corrected chi connectivity index (χ4v) is 2.03. The second kappa shape index (κ2) is 7.24. The molecule has 2 aromatic rings. The number of nitrogens with one attached hydrogen (secondary N) is 1. The first-order valence-electron chi connectivity index (χ1n) is 6.51. The van der Waals surface area contributed by atoms with E-state index < -0.39 is 6.10 Å². The van der Waals surface area contributed by atoms with E-state index in [0.717, 1.165) is 10.0 Å². The van der Waals surface area contributed by atoms with Crippen LogP contribution in [-0.4, -0.2) is 17.1 Å². The van der Waals surface area contributed by atoms with Crippen LogP contribution in [-0.2, 0) is 11.4 Å². The Bertz CT molecular complexity index is 613. The molecule has 0 aliphatic heterocycles. The third-order valence-corrected chi connectivity index (χ3v) is 3.40. The van der Waals surface area contributed by atoms with Crippen LogP contribution in [0.1, 0.15) is 12.5 Å². The summed E-state index contributed by atoms with van der Waals surface area (Å²) in [5.41, 5.74) is 1.38. The molecule has 1 atom stereocenters. The Morgan fingerprint density at radius 3 is 2.67 bits per heavy atom. The molecule has 2 aromatic carbocycles. The zero-order chi connectivity index (χ0) is 15.2. The van der Waals surface area contributed by atoms with E-state index in [-0.39, 0.29) is 12.5 Å². The molecule has 0 bridgehead atoms. The molecule has 0 aromatic heterocycles. The van der Waals surface area contributed by atoms with E-state index in [1.165, 1.54) is 0 Å². The number of aliphatic hydroxyl groups is 1. The normalized spacial score (nSPS) is 11.8. The second-order valence-corrected chi connectivity index (χ2v) is 5.48. The number of benzene rings is 2. The van der Waals surface area contributed by atoms with E-state index in [9.17, 15) is 4.79 Å². The van der Waals surface area contributed by atoms with Crippen molar-refractivity contribution in [3.63, 3.8) is 0 Å². The van der Waals surface area contributed by atoms with Crippen molar-refractivity contribution in [3.05, 3.63) is 58.6 Å². The van der Waals surface area contributed by atoms with E-state index in [2.05, 4.69) is 21.2 Å². The summed E-state index contributed by atoms with van der Waals surface area (Å²) >= 11 is 3.34. The molecule has 0 saturated heterocycles. The summed E-state index contributed by atoms with van der Waals surface area (Å²) in [7, 11) is 0. The molecule has 0 spiro atoms. The Labute approximate surface area is 131 Å². The molecule has 5 heteroatoms. The number of carbonyl (C=O) groups excluding carboxylic acids is 1. The Kier molecular flexibility index (Phi) is 5.36. The van der Waals surface area contributed by atoms with Gasteiger partial charge in [-0.2, -0.15) is 0 Å². The molecule has 0 radical (unpaired) electrons. The van der Waals surface area contributed by atoms with Crippen molar-refractivity contribution in [1.29, 1.82) is 0 Å². The highest BCUT2D eigenvalue weighted by atomic mass is 79.9. The SMILES string of the molecule is CC(Oc1ccc(Br)cc1)C(=O)Nc1cccc(CO)c1. The molecular weight excluding hydrogens is 334 g/mol. The number of rotatable bonds is 5. The molecule has 0 heterocycles. The van der Waals surface area contributed by atoms with Gasteiger partial charge in [-0.15, -0.1) is 0 Å². The van der Waals surface area contributed by atoms with Crippen molar-refractivity contribution in [1.82, 2.24) is 0 Å². The molecule has 110 valence electrons. The maximum Gasteiger partial charge on any atom is 0.265 e. The number of anilines is 1. The van der Waals surface area contributed by atoms with Crippen molar-refractivity contribution in [2.24, 2.45) is 0 Å². The predicted molar refractivity (Wildman–Crippen MR) is 85.2 cm³/mol. The summed E-state index contributed by atoms with van der Waals surface area (Å²) in [6.45, 7) is 1.63. The minimum Gasteiger partial charge on any atom is -0.481 e. The van der Waals surface area contributed by atoms with E-state index in [1.807, 2.05) is 12.1 Å². The van der Waals surface area contributed by atoms with Crippen LogP contribution in [0.15, 0.2) is 53.0 Å². The summed E-state index contributed by atoms with van der Waals surface area (Å²) in [5, 5.41) is 11.8. The Morgan fingerprint density at radius 2 is 2.00 bits per heavy atom. The van der Waals surface area contributed by atoms with Crippen molar-refractivity contribution < 1.29 is 14.6 Å². The van der Waals surface area contributed by atoms with Gasteiger partial charge in [0.05, 0.1) is 6.61 Å². The minimum absolute atomic E-state index is 0.0609.